The Balaban J connectivity index is 2.29. The number of benzene rings is 1. The molecule has 0 unspecified atom stereocenters. The lowest BCUT2D eigenvalue weighted by Gasteiger charge is -2.06. The van der Waals surface area contributed by atoms with Gasteiger partial charge in [-0.3, -0.25) is 14.9 Å². The van der Waals surface area contributed by atoms with Crippen LogP contribution < -0.4 is 5.32 Å². The molecule has 5 nitrogen and oxygen atoms in total. The number of carbonyl (C=O) groups excluding carboxylic acids is 1. The van der Waals surface area contributed by atoms with Crippen molar-refractivity contribution in [2.75, 3.05) is 0 Å². The molecule has 1 N–H and O–H groups in total. The Morgan fingerprint density at radius 2 is 2.19 bits per heavy atom. The number of nitrogens with zero attached hydrogens (tertiary/aromatic N) is 1. The van der Waals surface area contributed by atoms with Crippen molar-refractivity contribution in [1.82, 2.24) is 5.32 Å². The van der Waals surface area contributed by atoms with Gasteiger partial charge in [0.2, 0.25) is 0 Å². The summed E-state index contributed by atoms with van der Waals surface area (Å²) in [6.45, 7) is 1.60. The molecule has 0 heterocycles. The zero-order valence-electron chi connectivity index (χ0n) is 8.90. The first-order valence-corrected chi connectivity index (χ1v) is 5.14. The normalized spacial score (nSPS) is 14.6. The Morgan fingerprint density at radius 3 is 2.75 bits per heavy atom. The van der Waals surface area contributed by atoms with Crippen LogP contribution in [0, 0.1) is 17.0 Å². The Bertz CT molecular complexity index is 453. The topological polar surface area (TPSA) is 72.2 Å². The molecule has 16 heavy (non-hydrogen) atoms. The minimum atomic E-state index is -0.469. The van der Waals surface area contributed by atoms with Crippen molar-refractivity contribution < 1.29 is 9.72 Å². The molecular weight excluding hydrogens is 208 g/mol. The number of nitrogens with one attached hydrogen (secondary N) is 1. The maximum atomic E-state index is 11.8. The summed E-state index contributed by atoms with van der Waals surface area (Å²) < 4.78 is 0. The van der Waals surface area contributed by atoms with Gasteiger partial charge < -0.3 is 5.32 Å². The lowest BCUT2D eigenvalue weighted by atomic mass is 10.1. The third-order valence-electron chi connectivity index (χ3n) is 2.66. The van der Waals surface area contributed by atoms with Crippen LogP contribution in [0.1, 0.15) is 28.8 Å². The highest BCUT2D eigenvalue weighted by Gasteiger charge is 2.25. The average molecular weight is 220 g/mol. The van der Waals surface area contributed by atoms with Crippen molar-refractivity contribution >= 4 is 11.6 Å². The van der Waals surface area contributed by atoms with Gasteiger partial charge in [-0.05, 0) is 25.8 Å². The first-order chi connectivity index (χ1) is 7.59. The van der Waals surface area contributed by atoms with Gasteiger partial charge in [0.25, 0.3) is 11.6 Å². The quantitative estimate of drug-likeness (QED) is 0.623. The molecule has 1 saturated carbocycles. The van der Waals surface area contributed by atoms with Gasteiger partial charge in [-0.1, -0.05) is 6.07 Å². The van der Waals surface area contributed by atoms with Crippen molar-refractivity contribution in [3.8, 4) is 0 Å². The van der Waals surface area contributed by atoms with Crippen LogP contribution in [-0.4, -0.2) is 16.9 Å². The molecule has 0 atom stereocenters. The minimum Gasteiger partial charge on any atom is -0.349 e. The Hall–Kier alpha value is -1.91. The van der Waals surface area contributed by atoms with Gasteiger partial charge in [0.05, 0.1) is 4.92 Å². The SMILES string of the molecule is Cc1c(C(=O)NC2CC2)cccc1[N+](=O)[O-]. The van der Waals surface area contributed by atoms with E-state index in [9.17, 15) is 14.9 Å². The molecule has 1 fully saturated rings. The van der Waals surface area contributed by atoms with E-state index in [0.717, 1.165) is 12.8 Å². The Morgan fingerprint density at radius 1 is 1.50 bits per heavy atom. The summed E-state index contributed by atoms with van der Waals surface area (Å²) in [5, 5.41) is 13.5. The van der Waals surface area contributed by atoms with E-state index in [1.807, 2.05) is 0 Å². The molecule has 0 bridgehead atoms. The fraction of sp³-hybridized carbons (Fsp3) is 0.364. The largest absolute Gasteiger partial charge is 0.349 e. The van der Waals surface area contributed by atoms with Crippen LogP contribution in [0.2, 0.25) is 0 Å². The second-order valence-corrected chi connectivity index (χ2v) is 3.95. The van der Waals surface area contributed by atoms with Crippen LogP contribution in [0.5, 0.6) is 0 Å². The lowest BCUT2D eigenvalue weighted by molar-refractivity contribution is -0.385. The van der Waals surface area contributed by atoms with Crippen LogP contribution in [0.15, 0.2) is 18.2 Å². The smallest absolute Gasteiger partial charge is 0.273 e. The standard InChI is InChI=1S/C11H12N2O3/c1-7-9(11(14)12-8-5-6-8)3-2-4-10(7)13(15)16/h2-4,8H,5-6H2,1H3,(H,12,14). The number of amides is 1. The molecule has 0 spiro atoms. The van der Waals surface area contributed by atoms with Crippen molar-refractivity contribution in [3.63, 3.8) is 0 Å². The van der Waals surface area contributed by atoms with E-state index < -0.39 is 4.92 Å². The van der Waals surface area contributed by atoms with E-state index >= 15 is 0 Å². The Labute approximate surface area is 92.6 Å². The number of nitro benzene ring substituents is 1. The first-order valence-electron chi connectivity index (χ1n) is 5.14. The third kappa shape index (κ3) is 2.03. The van der Waals surface area contributed by atoms with E-state index in [1.165, 1.54) is 12.1 Å². The van der Waals surface area contributed by atoms with Crippen LogP contribution in [0.25, 0.3) is 0 Å². The van der Waals surface area contributed by atoms with Gasteiger partial charge in [0.1, 0.15) is 0 Å². The summed E-state index contributed by atoms with van der Waals surface area (Å²) in [5.74, 6) is -0.219. The summed E-state index contributed by atoms with van der Waals surface area (Å²) >= 11 is 0. The van der Waals surface area contributed by atoms with Gasteiger partial charge in [-0.2, -0.15) is 0 Å². The summed E-state index contributed by atoms with van der Waals surface area (Å²) in [4.78, 5) is 22.0. The number of nitro groups is 1. The van der Waals surface area contributed by atoms with Crippen molar-refractivity contribution in [2.24, 2.45) is 0 Å². The summed E-state index contributed by atoms with van der Waals surface area (Å²) in [5.41, 5.74) is 0.801. The Kier molecular flexibility index (Phi) is 2.60. The molecule has 2 rings (SSSR count). The molecule has 1 aliphatic rings. The summed E-state index contributed by atoms with van der Waals surface area (Å²) in [6.07, 6.45) is 2.00. The predicted octanol–water partition coefficient (Wildman–Crippen LogP) is 1.80. The predicted molar refractivity (Wildman–Crippen MR) is 58.3 cm³/mol. The lowest BCUT2D eigenvalue weighted by Crippen LogP contribution is -2.26. The molecule has 1 aromatic carbocycles. The second kappa shape index (κ2) is 3.92. The minimum absolute atomic E-state index is 0.0107. The van der Waals surface area contributed by atoms with E-state index in [1.54, 1.807) is 13.0 Å². The highest BCUT2D eigenvalue weighted by molar-refractivity contribution is 5.96. The number of hydrogen-bond donors (Lipinski definition) is 1. The maximum absolute atomic E-state index is 11.8. The van der Waals surface area contributed by atoms with Gasteiger partial charge >= 0.3 is 0 Å². The second-order valence-electron chi connectivity index (χ2n) is 3.95. The van der Waals surface area contributed by atoms with Crippen LogP contribution in [0.4, 0.5) is 5.69 Å². The van der Waals surface area contributed by atoms with Gasteiger partial charge in [-0.25, -0.2) is 0 Å². The zero-order chi connectivity index (χ0) is 11.7. The van der Waals surface area contributed by atoms with Crippen molar-refractivity contribution in [2.45, 2.75) is 25.8 Å². The molecule has 0 aliphatic heterocycles. The van der Waals surface area contributed by atoms with E-state index in [4.69, 9.17) is 0 Å². The van der Waals surface area contributed by atoms with E-state index in [0.29, 0.717) is 11.1 Å². The third-order valence-corrected chi connectivity index (χ3v) is 2.66. The molecule has 1 aromatic rings. The molecule has 0 saturated heterocycles. The molecular formula is C11H12N2O3. The van der Waals surface area contributed by atoms with Crippen molar-refractivity contribution in [3.05, 3.63) is 39.4 Å². The zero-order valence-corrected chi connectivity index (χ0v) is 8.90. The molecule has 1 aliphatic carbocycles. The molecule has 84 valence electrons. The summed E-state index contributed by atoms with van der Waals surface area (Å²) in [6, 6.07) is 4.81. The van der Waals surface area contributed by atoms with Gasteiger partial charge in [-0.15, -0.1) is 0 Å². The monoisotopic (exact) mass is 220 g/mol. The number of carbonyl (C=O) groups is 1. The fourth-order valence-electron chi connectivity index (χ4n) is 1.56. The fourth-order valence-corrected chi connectivity index (χ4v) is 1.56. The van der Waals surface area contributed by atoms with E-state index in [2.05, 4.69) is 5.32 Å². The summed E-state index contributed by atoms with van der Waals surface area (Å²) in [7, 11) is 0. The first kappa shape index (κ1) is 10.6. The molecule has 1 amide bonds. The van der Waals surface area contributed by atoms with Gasteiger partial charge in [0, 0.05) is 23.2 Å². The van der Waals surface area contributed by atoms with Crippen LogP contribution >= 0.6 is 0 Å². The average Bonchev–Trinajstić information content (AvgIpc) is 3.01. The molecule has 0 radical (unpaired) electrons. The highest BCUT2D eigenvalue weighted by atomic mass is 16.6. The van der Waals surface area contributed by atoms with Crippen LogP contribution in [0.3, 0.4) is 0 Å². The highest BCUT2D eigenvalue weighted by Crippen LogP contribution is 2.23. The van der Waals surface area contributed by atoms with E-state index in [-0.39, 0.29) is 17.6 Å². The molecule has 0 aromatic heterocycles. The van der Waals surface area contributed by atoms with Crippen LogP contribution in [-0.2, 0) is 0 Å². The van der Waals surface area contributed by atoms with Gasteiger partial charge in [0.15, 0.2) is 0 Å². The molecule has 5 heteroatoms. The number of hydrogen-bond acceptors (Lipinski definition) is 3. The maximum Gasteiger partial charge on any atom is 0.273 e. The number of rotatable bonds is 3. The van der Waals surface area contributed by atoms with Crippen molar-refractivity contribution in [1.29, 1.82) is 0 Å².